The lowest BCUT2D eigenvalue weighted by molar-refractivity contribution is 0.0657. The Balaban J connectivity index is 1.95. The molecule has 0 bridgehead atoms. The number of piperidine rings is 1. The highest BCUT2D eigenvalue weighted by atomic mass is 79.9. The predicted molar refractivity (Wildman–Crippen MR) is 75.1 cm³/mol. The minimum absolute atomic E-state index is 0.0374. The summed E-state index contributed by atoms with van der Waals surface area (Å²) >= 11 is 3.63. The predicted octanol–water partition coefficient (Wildman–Crippen LogP) is 3.48. The van der Waals surface area contributed by atoms with Gasteiger partial charge in [0.2, 0.25) is 0 Å². The minimum atomic E-state index is 0.0374. The van der Waals surface area contributed by atoms with Crippen LogP contribution >= 0.6 is 15.9 Å². The van der Waals surface area contributed by atoms with Gasteiger partial charge in [-0.25, -0.2) is 0 Å². The number of alkyl halides is 1. The van der Waals surface area contributed by atoms with Crippen molar-refractivity contribution in [3.63, 3.8) is 0 Å². The Bertz CT molecular complexity index is 406. The van der Waals surface area contributed by atoms with E-state index in [-0.39, 0.29) is 5.91 Å². The van der Waals surface area contributed by atoms with Crippen LogP contribution in [0.3, 0.4) is 0 Å². The third-order valence-electron chi connectivity index (χ3n) is 3.70. The highest BCUT2D eigenvalue weighted by Gasteiger charge is 2.27. The van der Waals surface area contributed by atoms with E-state index >= 15 is 0 Å². The number of carbonyl (C=O) groups is 1. The van der Waals surface area contributed by atoms with Gasteiger partial charge in [-0.15, -0.1) is 0 Å². The number of furan rings is 1. The highest BCUT2D eigenvalue weighted by Crippen LogP contribution is 2.26. The number of rotatable bonds is 3. The van der Waals surface area contributed by atoms with Crippen LogP contribution in [0.2, 0.25) is 0 Å². The largest absolute Gasteiger partial charge is 0.456 e. The van der Waals surface area contributed by atoms with Crippen molar-refractivity contribution in [1.82, 2.24) is 4.90 Å². The molecule has 1 saturated heterocycles. The molecule has 1 aliphatic rings. The molecule has 1 amide bonds. The summed E-state index contributed by atoms with van der Waals surface area (Å²) in [5.74, 6) is 2.08. The SMILES string of the molecule is CCc1ccc(C(=O)N2CCC(C(C)Br)CC2)o1. The van der Waals surface area contributed by atoms with Crippen LogP contribution in [0, 0.1) is 5.92 Å². The van der Waals surface area contributed by atoms with Crippen LogP contribution in [0.15, 0.2) is 16.5 Å². The van der Waals surface area contributed by atoms with Gasteiger partial charge < -0.3 is 9.32 Å². The summed E-state index contributed by atoms with van der Waals surface area (Å²) in [6, 6.07) is 3.68. The third kappa shape index (κ3) is 2.97. The third-order valence-corrected chi connectivity index (χ3v) is 4.44. The highest BCUT2D eigenvalue weighted by molar-refractivity contribution is 9.09. The smallest absolute Gasteiger partial charge is 0.289 e. The van der Waals surface area contributed by atoms with Crippen molar-refractivity contribution in [1.29, 1.82) is 0 Å². The normalized spacial score (nSPS) is 18.9. The van der Waals surface area contributed by atoms with Crippen molar-refractivity contribution in [3.8, 4) is 0 Å². The van der Waals surface area contributed by atoms with E-state index < -0.39 is 0 Å². The molecular formula is C14H20BrNO2. The van der Waals surface area contributed by atoms with E-state index in [4.69, 9.17) is 4.42 Å². The fraction of sp³-hybridized carbons (Fsp3) is 0.643. The van der Waals surface area contributed by atoms with E-state index in [1.54, 1.807) is 6.07 Å². The Morgan fingerprint density at radius 2 is 2.17 bits per heavy atom. The summed E-state index contributed by atoms with van der Waals surface area (Å²) in [6.45, 7) is 5.88. The average Bonchev–Trinajstić information content (AvgIpc) is 2.86. The lowest BCUT2D eigenvalue weighted by Crippen LogP contribution is -2.39. The molecule has 100 valence electrons. The number of carbonyl (C=O) groups excluding carboxylic acids is 1. The van der Waals surface area contributed by atoms with Gasteiger partial charge in [0.05, 0.1) is 0 Å². The Hall–Kier alpha value is -0.770. The maximum Gasteiger partial charge on any atom is 0.289 e. The number of likely N-dealkylation sites (tertiary alicyclic amines) is 1. The molecule has 0 aliphatic carbocycles. The molecule has 1 aliphatic heterocycles. The summed E-state index contributed by atoms with van der Waals surface area (Å²) in [6.07, 6.45) is 2.97. The van der Waals surface area contributed by atoms with Crippen molar-refractivity contribution in [3.05, 3.63) is 23.7 Å². The maximum atomic E-state index is 12.2. The molecular weight excluding hydrogens is 294 g/mol. The molecule has 0 saturated carbocycles. The van der Waals surface area contributed by atoms with Crippen LogP contribution in [-0.4, -0.2) is 28.7 Å². The first-order valence-electron chi connectivity index (χ1n) is 6.64. The summed E-state index contributed by atoms with van der Waals surface area (Å²) in [7, 11) is 0. The van der Waals surface area contributed by atoms with Crippen molar-refractivity contribution >= 4 is 21.8 Å². The summed E-state index contributed by atoms with van der Waals surface area (Å²) in [5.41, 5.74) is 0. The monoisotopic (exact) mass is 313 g/mol. The van der Waals surface area contributed by atoms with Gasteiger partial charge >= 0.3 is 0 Å². The molecule has 0 N–H and O–H groups in total. The maximum absolute atomic E-state index is 12.2. The van der Waals surface area contributed by atoms with Gasteiger partial charge in [0, 0.05) is 24.3 Å². The first kappa shape index (κ1) is 13.7. The van der Waals surface area contributed by atoms with Crippen LogP contribution in [0.4, 0.5) is 0 Å². The summed E-state index contributed by atoms with van der Waals surface area (Å²) < 4.78 is 5.52. The number of hydrogen-bond donors (Lipinski definition) is 0. The second-order valence-electron chi connectivity index (χ2n) is 4.93. The quantitative estimate of drug-likeness (QED) is 0.800. The lowest BCUT2D eigenvalue weighted by atomic mass is 9.94. The van der Waals surface area contributed by atoms with Crippen molar-refractivity contribution in [2.45, 2.75) is 37.9 Å². The first-order chi connectivity index (χ1) is 8.61. The number of aryl methyl sites for hydroxylation is 1. The van der Waals surface area contributed by atoms with Crippen molar-refractivity contribution < 1.29 is 9.21 Å². The molecule has 3 nitrogen and oxygen atoms in total. The Morgan fingerprint density at radius 1 is 1.50 bits per heavy atom. The topological polar surface area (TPSA) is 33.5 Å². The van der Waals surface area contributed by atoms with E-state index in [9.17, 15) is 4.79 Å². The van der Waals surface area contributed by atoms with E-state index in [0.29, 0.717) is 16.5 Å². The first-order valence-corrected chi connectivity index (χ1v) is 7.55. The minimum Gasteiger partial charge on any atom is -0.456 e. The Labute approximate surface area is 117 Å². The molecule has 2 heterocycles. The Morgan fingerprint density at radius 3 is 2.67 bits per heavy atom. The lowest BCUT2D eigenvalue weighted by Gasteiger charge is -2.32. The van der Waals surface area contributed by atoms with E-state index in [1.807, 2.05) is 17.9 Å². The van der Waals surface area contributed by atoms with E-state index in [0.717, 1.165) is 38.1 Å². The fourth-order valence-electron chi connectivity index (χ4n) is 2.40. The van der Waals surface area contributed by atoms with Gasteiger partial charge in [-0.2, -0.15) is 0 Å². The average molecular weight is 314 g/mol. The summed E-state index contributed by atoms with van der Waals surface area (Å²) in [4.78, 5) is 14.7. The fourth-order valence-corrected chi connectivity index (χ4v) is 2.93. The molecule has 0 aromatic carbocycles. The molecule has 1 unspecified atom stereocenters. The second-order valence-corrected chi connectivity index (χ2v) is 6.37. The molecule has 1 aromatic heterocycles. The van der Waals surface area contributed by atoms with Crippen LogP contribution in [0.5, 0.6) is 0 Å². The Kier molecular flexibility index (Phi) is 4.49. The molecule has 0 spiro atoms. The zero-order valence-electron chi connectivity index (χ0n) is 11.0. The van der Waals surface area contributed by atoms with Crippen molar-refractivity contribution in [2.24, 2.45) is 5.92 Å². The second kappa shape index (κ2) is 5.91. The van der Waals surface area contributed by atoms with Crippen LogP contribution in [0.25, 0.3) is 0 Å². The molecule has 1 aromatic rings. The molecule has 4 heteroatoms. The number of hydrogen-bond acceptors (Lipinski definition) is 2. The van der Waals surface area contributed by atoms with Gasteiger partial charge in [-0.05, 0) is 30.9 Å². The molecule has 18 heavy (non-hydrogen) atoms. The van der Waals surface area contributed by atoms with Gasteiger partial charge in [0.25, 0.3) is 5.91 Å². The van der Waals surface area contributed by atoms with Gasteiger partial charge in [-0.1, -0.05) is 29.8 Å². The number of amides is 1. The van der Waals surface area contributed by atoms with Crippen LogP contribution in [0.1, 0.15) is 43.0 Å². The molecule has 1 fully saturated rings. The molecule has 2 rings (SSSR count). The zero-order valence-corrected chi connectivity index (χ0v) is 12.6. The van der Waals surface area contributed by atoms with Crippen LogP contribution in [-0.2, 0) is 6.42 Å². The zero-order chi connectivity index (χ0) is 13.1. The number of nitrogens with zero attached hydrogens (tertiary/aromatic N) is 1. The standard InChI is InChI=1S/C14H20BrNO2/c1-3-12-4-5-13(18-12)14(17)16-8-6-11(7-9-16)10(2)15/h4-5,10-11H,3,6-9H2,1-2H3. The van der Waals surface area contributed by atoms with E-state index in [1.165, 1.54) is 0 Å². The van der Waals surface area contributed by atoms with E-state index in [2.05, 4.69) is 22.9 Å². The summed E-state index contributed by atoms with van der Waals surface area (Å²) in [5, 5.41) is 0. The van der Waals surface area contributed by atoms with Crippen molar-refractivity contribution in [2.75, 3.05) is 13.1 Å². The number of halogens is 1. The van der Waals surface area contributed by atoms with Gasteiger partial charge in [-0.3, -0.25) is 4.79 Å². The molecule has 0 radical (unpaired) electrons. The van der Waals surface area contributed by atoms with Crippen LogP contribution < -0.4 is 0 Å². The van der Waals surface area contributed by atoms with Gasteiger partial charge in [0.15, 0.2) is 5.76 Å². The molecule has 1 atom stereocenters. The van der Waals surface area contributed by atoms with Gasteiger partial charge in [0.1, 0.15) is 5.76 Å².